The summed E-state index contributed by atoms with van der Waals surface area (Å²) in [6.07, 6.45) is 5.73. The topological polar surface area (TPSA) is 35.8 Å². The van der Waals surface area contributed by atoms with E-state index in [2.05, 4.69) is 49.3 Å². The second-order valence-electron chi connectivity index (χ2n) is 4.75. The van der Waals surface area contributed by atoms with Gasteiger partial charge in [0.15, 0.2) is 0 Å². The Kier molecular flexibility index (Phi) is 5.08. The predicted molar refractivity (Wildman–Crippen MR) is 81.4 cm³/mol. The molecule has 1 aliphatic rings. The van der Waals surface area contributed by atoms with E-state index in [1.165, 1.54) is 19.3 Å². The van der Waals surface area contributed by atoms with E-state index in [1.54, 1.807) is 0 Å². The van der Waals surface area contributed by atoms with Crippen molar-refractivity contribution in [1.82, 2.24) is 0 Å². The van der Waals surface area contributed by atoms with Crippen molar-refractivity contribution in [2.45, 2.75) is 38.1 Å². The van der Waals surface area contributed by atoms with Gasteiger partial charge in [-0.05, 0) is 47.0 Å². The predicted octanol–water partition coefficient (Wildman–Crippen LogP) is 5.10. The van der Waals surface area contributed by atoms with Gasteiger partial charge in [-0.2, -0.15) is 5.26 Å². The summed E-state index contributed by atoms with van der Waals surface area (Å²) < 4.78 is 2.10. The van der Waals surface area contributed by atoms with Crippen LogP contribution in [0.25, 0.3) is 0 Å². The summed E-state index contributed by atoms with van der Waals surface area (Å²) in [6.45, 7) is 0. The maximum Gasteiger partial charge on any atom is 0.0677 e. The van der Waals surface area contributed by atoms with E-state index in [1.807, 2.05) is 12.1 Å². The van der Waals surface area contributed by atoms with Crippen LogP contribution in [-0.4, -0.2) is 6.04 Å². The van der Waals surface area contributed by atoms with E-state index < -0.39 is 0 Å². The highest BCUT2D eigenvalue weighted by molar-refractivity contribution is 9.11. The van der Waals surface area contributed by atoms with Crippen LogP contribution in [0.4, 0.5) is 5.69 Å². The van der Waals surface area contributed by atoms with Crippen molar-refractivity contribution in [2.75, 3.05) is 5.32 Å². The van der Waals surface area contributed by atoms with Crippen LogP contribution in [0.5, 0.6) is 0 Å². The normalized spacial score (nSPS) is 24.1. The van der Waals surface area contributed by atoms with Gasteiger partial charge in [0.1, 0.15) is 0 Å². The van der Waals surface area contributed by atoms with Gasteiger partial charge in [-0.3, -0.25) is 0 Å². The second kappa shape index (κ2) is 6.58. The Morgan fingerprint density at radius 1 is 1.17 bits per heavy atom. The Hall–Kier alpha value is -0.530. The van der Waals surface area contributed by atoms with Crippen LogP contribution >= 0.6 is 31.9 Å². The quantitative estimate of drug-likeness (QED) is 0.734. The van der Waals surface area contributed by atoms with E-state index in [-0.39, 0.29) is 12.0 Å². The molecule has 1 fully saturated rings. The van der Waals surface area contributed by atoms with Crippen molar-refractivity contribution in [3.05, 3.63) is 27.1 Å². The van der Waals surface area contributed by atoms with Crippen molar-refractivity contribution >= 4 is 37.5 Å². The molecule has 0 aromatic heterocycles. The van der Waals surface area contributed by atoms with Gasteiger partial charge in [0.25, 0.3) is 0 Å². The number of rotatable bonds is 2. The van der Waals surface area contributed by atoms with Crippen molar-refractivity contribution in [2.24, 2.45) is 5.92 Å². The molecule has 0 spiro atoms. The maximum absolute atomic E-state index is 9.28. The molecule has 0 heterocycles. The minimum absolute atomic E-state index is 0.124. The molecule has 1 saturated carbocycles. The first kappa shape index (κ1) is 13.9. The summed E-state index contributed by atoms with van der Waals surface area (Å²) in [5.41, 5.74) is 1.07. The van der Waals surface area contributed by atoms with Crippen LogP contribution < -0.4 is 5.32 Å². The molecule has 1 aromatic carbocycles. The van der Waals surface area contributed by atoms with E-state index in [0.29, 0.717) is 0 Å². The first-order valence-electron chi connectivity index (χ1n) is 6.32. The molecule has 0 aliphatic heterocycles. The third kappa shape index (κ3) is 3.49. The molecule has 2 nitrogen and oxygen atoms in total. The second-order valence-corrected chi connectivity index (χ2v) is 6.52. The fraction of sp³-hybridized carbons (Fsp3) is 0.500. The van der Waals surface area contributed by atoms with Gasteiger partial charge in [0, 0.05) is 20.7 Å². The Labute approximate surface area is 125 Å². The van der Waals surface area contributed by atoms with Crippen molar-refractivity contribution < 1.29 is 0 Å². The Morgan fingerprint density at radius 3 is 2.72 bits per heavy atom. The lowest BCUT2D eigenvalue weighted by Crippen LogP contribution is -2.27. The SMILES string of the molecule is N#CC1CCCCCC1Nc1cc(Br)ccc1Br. The highest BCUT2D eigenvalue weighted by atomic mass is 79.9. The van der Waals surface area contributed by atoms with E-state index >= 15 is 0 Å². The Bertz CT molecular complexity index is 454. The monoisotopic (exact) mass is 370 g/mol. The number of nitrogens with zero attached hydrogens (tertiary/aromatic N) is 1. The smallest absolute Gasteiger partial charge is 0.0677 e. The minimum Gasteiger partial charge on any atom is -0.380 e. The van der Waals surface area contributed by atoms with Gasteiger partial charge in [0.2, 0.25) is 0 Å². The number of hydrogen-bond donors (Lipinski definition) is 1. The summed E-state index contributed by atoms with van der Waals surface area (Å²) in [5.74, 6) is 0.124. The molecule has 2 atom stereocenters. The molecule has 0 amide bonds. The lowest BCUT2D eigenvalue weighted by Gasteiger charge is -2.23. The molecule has 4 heteroatoms. The zero-order chi connectivity index (χ0) is 13.0. The van der Waals surface area contributed by atoms with E-state index in [9.17, 15) is 5.26 Å². The van der Waals surface area contributed by atoms with Crippen LogP contribution in [0.3, 0.4) is 0 Å². The number of nitrogens with one attached hydrogen (secondary N) is 1. The number of halogens is 2. The average molecular weight is 372 g/mol. The third-order valence-electron chi connectivity index (χ3n) is 3.45. The molecule has 2 rings (SSSR count). The van der Waals surface area contributed by atoms with Gasteiger partial charge in [-0.25, -0.2) is 0 Å². The van der Waals surface area contributed by atoms with Crippen LogP contribution in [0.1, 0.15) is 32.1 Å². The van der Waals surface area contributed by atoms with E-state index in [0.717, 1.165) is 27.5 Å². The van der Waals surface area contributed by atoms with Crippen LogP contribution in [0.2, 0.25) is 0 Å². The first-order valence-corrected chi connectivity index (χ1v) is 7.90. The summed E-state index contributed by atoms with van der Waals surface area (Å²) >= 11 is 7.04. The Balaban J connectivity index is 2.15. The average Bonchev–Trinajstić information content (AvgIpc) is 2.59. The molecule has 96 valence electrons. The molecule has 1 aliphatic carbocycles. The summed E-state index contributed by atoms with van der Waals surface area (Å²) in [4.78, 5) is 0. The van der Waals surface area contributed by atoms with Crippen molar-refractivity contribution in [3.63, 3.8) is 0 Å². The molecular formula is C14H16Br2N2. The molecule has 2 unspecified atom stereocenters. The van der Waals surface area contributed by atoms with Crippen LogP contribution in [-0.2, 0) is 0 Å². The lowest BCUT2D eigenvalue weighted by atomic mass is 9.96. The fourth-order valence-electron chi connectivity index (χ4n) is 2.44. The van der Waals surface area contributed by atoms with Crippen molar-refractivity contribution in [1.29, 1.82) is 5.26 Å². The number of hydrogen-bond acceptors (Lipinski definition) is 2. The highest BCUT2D eigenvalue weighted by Gasteiger charge is 2.23. The summed E-state index contributed by atoms with van der Waals surface area (Å²) in [7, 11) is 0. The minimum atomic E-state index is 0.124. The molecule has 1 aromatic rings. The lowest BCUT2D eigenvalue weighted by molar-refractivity contribution is 0.514. The van der Waals surface area contributed by atoms with Gasteiger partial charge < -0.3 is 5.32 Å². The summed E-state index contributed by atoms with van der Waals surface area (Å²) in [5, 5.41) is 12.8. The zero-order valence-electron chi connectivity index (χ0n) is 10.1. The molecule has 0 bridgehead atoms. The highest BCUT2D eigenvalue weighted by Crippen LogP contribution is 2.31. The first-order chi connectivity index (χ1) is 8.70. The molecule has 1 N–H and O–H groups in total. The van der Waals surface area contributed by atoms with Gasteiger partial charge in [-0.1, -0.05) is 35.2 Å². The van der Waals surface area contributed by atoms with E-state index in [4.69, 9.17) is 0 Å². The molecular weight excluding hydrogens is 356 g/mol. The largest absolute Gasteiger partial charge is 0.380 e. The van der Waals surface area contributed by atoms with Gasteiger partial charge >= 0.3 is 0 Å². The zero-order valence-corrected chi connectivity index (χ0v) is 13.3. The van der Waals surface area contributed by atoms with Crippen molar-refractivity contribution in [3.8, 4) is 6.07 Å². The molecule has 0 radical (unpaired) electrons. The number of anilines is 1. The van der Waals surface area contributed by atoms with Crippen LogP contribution in [0.15, 0.2) is 27.1 Å². The standard InChI is InChI=1S/C14H16Br2N2/c15-11-6-7-12(16)14(8-11)18-13-5-3-1-2-4-10(13)9-17/h6-8,10,13,18H,1-5H2. The molecule has 18 heavy (non-hydrogen) atoms. The fourth-order valence-corrected chi connectivity index (χ4v) is 3.16. The molecule has 0 saturated heterocycles. The Morgan fingerprint density at radius 2 is 1.94 bits per heavy atom. The number of nitriles is 1. The van der Waals surface area contributed by atoms with Crippen LogP contribution in [0, 0.1) is 17.2 Å². The van der Waals surface area contributed by atoms with Gasteiger partial charge in [0.05, 0.1) is 12.0 Å². The van der Waals surface area contributed by atoms with Gasteiger partial charge in [-0.15, -0.1) is 0 Å². The number of benzene rings is 1. The summed E-state index contributed by atoms with van der Waals surface area (Å²) in [6, 6.07) is 8.81. The third-order valence-corrected chi connectivity index (χ3v) is 4.64. The maximum atomic E-state index is 9.28.